The van der Waals surface area contributed by atoms with Crippen LogP contribution in [0.1, 0.15) is 48.8 Å². The van der Waals surface area contributed by atoms with Crippen molar-refractivity contribution in [2.45, 2.75) is 39.3 Å². The summed E-state index contributed by atoms with van der Waals surface area (Å²) in [7, 11) is 1.62. The fraction of sp³-hybridized carbons (Fsp3) is 0.550. The van der Waals surface area contributed by atoms with Crippen LogP contribution in [0.2, 0.25) is 0 Å². The lowest BCUT2D eigenvalue weighted by atomic mass is 10.0. The fourth-order valence-electron chi connectivity index (χ4n) is 3.67. The molecule has 1 amide bonds. The van der Waals surface area contributed by atoms with E-state index in [-0.39, 0.29) is 17.7 Å². The maximum Gasteiger partial charge on any atom is 0.276 e. The summed E-state index contributed by atoms with van der Waals surface area (Å²) < 4.78 is 7.08. The van der Waals surface area contributed by atoms with Gasteiger partial charge in [0.2, 0.25) is 0 Å². The molecular weight excluding hydrogens is 358 g/mol. The zero-order valence-corrected chi connectivity index (χ0v) is 16.8. The molecule has 8 heteroatoms. The summed E-state index contributed by atoms with van der Waals surface area (Å²) in [6, 6.07) is 5.45. The van der Waals surface area contributed by atoms with E-state index in [9.17, 15) is 9.90 Å². The average molecular weight is 387 g/mol. The third kappa shape index (κ3) is 4.44. The summed E-state index contributed by atoms with van der Waals surface area (Å²) in [4.78, 5) is 16.5. The van der Waals surface area contributed by atoms with Gasteiger partial charge in [-0.15, -0.1) is 5.10 Å². The molecule has 2 heterocycles. The molecule has 0 bridgehead atoms. The Bertz CT molecular complexity index is 803. The maximum atomic E-state index is 12.5. The molecule has 1 aliphatic heterocycles. The van der Waals surface area contributed by atoms with Gasteiger partial charge in [0, 0.05) is 31.7 Å². The van der Waals surface area contributed by atoms with Gasteiger partial charge in [-0.2, -0.15) is 0 Å². The van der Waals surface area contributed by atoms with Crippen LogP contribution in [-0.2, 0) is 6.54 Å². The number of phenolic OH excluding ortho intramolecular Hbond substituents is 1. The van der Waals surface area contributed by atoms with Crippen LogP contribution in [0.25, 0.3) is 0 Å². The van der Waals surface area contributed by atoms with E-state index in [1.54, 1.807) is 30.3 Å². The number of nitrogens with zero attached hydrogens (tertiary/aromatic N) is 5. The molecule has 0 radical (unpaired) electrons. The van der Waals surface area contributed by atoms with Crippen molar-refractivity contribution in [3.8, 4) is 11.5 Å². The minimum Gasteiger partial charge on any atom is -0.508 e. The first kappa shape index (κ1) is 20.1. The summed E-state index contributed by atoms with van der Waals surface area (Å²) in [5, 5.41) is 18.5. The van der Waals surface area contributed by atoms with E-state index in [4.69, 9.17) is 4.74 Å². The molecule has 0 saturated carbocycles. The third-order valence-corrected chi connectivity index (χ3v) is 5.32. The molecule has 1 unspecified atom stereocenters. The standard InChI is InChI=1S/C20H29N5O3/c1-4-24(5-2)20(27)18-14-25(22-21-18)16-7-6-10-23(13-16)12-15-11-17(28-3)8-9-19(15)26/h8-9,11,14,16,26H,4-7,10,12-13H2,1-3H3. The van der Waals surface area contributed by atoms with Gasteiger partial charge in [-0.3, -0.25) is 9.69 Å². The first-order chi connectivity index (χ1) is 13.5. The average Bonchev–Trinajstić information content (AvgIpc) is 3.21. The molecule has 1 fully saturated rings. The molecule has 152 valence electrons. The number of hydrogen-bond donors (Lipinski definition) is 1. The smallest absolute Gasteiger partial charge is 0.276 e. The van der Waals surface area contributed by atoms with E-state index in [1.807, 2.05) is 24.6 Å². The highest BCUT2D eigenvalue weighted by Crippen LogP contribution is 2.27. The first-order valence-electron chi connectivity index (χ1n) is 9.85. The normalized spacial score (nSPS) is 17.5. The second kappa shape index (κ2) is 9.05. The lowest BCUT2D eigenvalue weighted by molar-refractivity contribution is 0.0767. The molecule has 1 aromatic carbocycles. The number of ether oxygens (including phenoxy) is 1. The van der Waals surface area contributed by atoms with E-state index < -0.39 is 0 Å². The van der Waals surface area contributed by atoms with Gasteiger partial charge in [0.15, 0.2) is 5.69 Å². The molecule has 0 spiro atoms. The SMILES string of the molecule is CCN(CC)C(=O)c1cn(C2CCCN(Cc3cc(OC)ccc3O)C2)nn1. The molecule has 1 atom stereocenters. The number of aromatic hydroxyl groups is 1. The van der Waals surface area contributed by atoms with Gasteiger partial charge in [-0.05, 0) is 51.4 Å². The highest BCUT2D eigenvalue weighted by atomic mass is 16.5. The van der Waals surface area contributed by atoms with Gasteiger partial charge in [0.25, 0.3) is 5.91 Å². The van der Waals surface area contributed by atoms with Crippen LogP contribution in [0.5, 0.6) is 11.5 Å². The summed E-state index contributed by atoms with van der Waals surface area (Å²) in [5.41, 5.74) is 1.24. The van der Waals surface area contributed by atoms with E-state index in [0.717, 1.165) is 37.2 Å². The van der Waals surface area contributed by atoms with Gasteiger partial charge in [-0.25, -0.2) is 4.68 Å². The number of phenols is 1. The zero-order valence-electron chi connectivity index (χ0n) is 16.8. The van der Waals surface area contributed by atoms with E-state index >= 15 is 0 Å². The minimum absolute atomic E-state index is 0.0785. The van der Waals surface area contributed by atoms with Crippen LogP contribution in [0.3, 0.4) is 0 Å². The Hall–Kier alpha value is -2.61. The van der Waals surface area contributed by atoms with Crippen LogP contribution in [-0.4, -0.2) is 69.1 Å². The maximum absolute atomic E-state index is 12.5. The molecule has 1 aliphatic rings. The number of carbonyl (C=O) groups excluding carboxylic acids is 1. The Labute approximate surface area is 165 Å². The lowest BCUT2D eigenvalue weighted by Gasteiger charge is -2.32. The Morgan fingerprint density at radius 1 is 1.36 bits per heavy atom. The van der Waals surface area contributed by atoms with Crippen LogP contribution in [0, 0.1) is 0 Å². The molecule has 1 saturated heterocycles. The second-order valence-electron chi connectivity index (χ2n) is 7.09. The number of amides is 1. The molecular formula is C20H29N5O3. The monoisotopic (exact) mass is 387 g/mol. The van der Waals surface area contributed by atoms with Crippen molar-refractivity contribution in [2.24, 2.45) is 0 Å². The zero-order chi connectivity index (χ0) is 20.1. The summed E-state index contributed by atoms with van der Waals surface area (Å²) in [5.74, 6) is 0.929. The quantitative estimate of drug-likeness (QED) is 0.785. The molecule has 1 N–H and O–H groups in total. The molecule has 2 aromatic rings. The van der Waals surface area contributed by atoms with Crippen LogP contribution in [0.15, 0.2) is 24.4 Å². The molecule has 8 nitrogen and oxygen atoms in total. The number of aromatic nitrogens is 3. The fourth-order valence-corrected chi connectivity index (χ4v) is 3.67. The van der Waals surface area contributed by atoms with Crippen molar-refractivity contribution in [3.05, 3.63) is 35.7 Å². The Morgan fingerprint density at radius 2 is 2.14 bits per heavy atom. The highest BCUT2D eigenvalue weighted by Gasteiger charge is 2.25. The molecule has 3 rings (SSSR count). The van der Waals surface area contributed by atoms with E-state index in [1.165, 1.54) is 0 Å². The van der Waals surface area contributed by atoms with Crippen LogP contribution < -0.4 is 4.74 Å². The number of piperidine rings is 1. The van der Waals surface area contributed by atoms with Crippen LogP contribution in [0.4, 0.5) is 0 Å². The molecule has 0 aliphatic carbocycles. The topological polar surface area (TPSA) is 83.7 Å². The number of carbonyl (C=O) groups is 1. The van der Waals surface area contributed by atoms with Crippen molar-refractivity contribution >= 4 is 5.91 Å². The van der Waals surface area contributed by atoms with E-state index in [2.05, 4.69) is 15.2 Å². The van der Waals surface area contributed by atoms with Crippen molar-refractivity contribution in [2.75, 3.05) is 33.3 Å². The Morgan fingerprint density at radius 3 is 2.86 bits per heavy atom. The third-order valence-electron chi connectivity index (χ3n) is 5.32. The summed E-state index contributed by atoms with van der Waals surface area (Å²) in [6.07, 6.45) is 3.77. The predicted molar refractivity (Wildman–Crippen MR) is 105 cm³/mol. The van der Waals surface area contributed by atoms with Gasteiger partial charge < -0.3 is 14.7 Å². The number of hydrogen-bond acceptors (Lipinski definition) is 6. The Balaban J connectivity index is 1.68. The van der Waals surface area contributed by atoms with Crippen molar-refractivity contribution in [1.29, 1.82) is 0 Å². The second-order valence-corrected chi connectivity index (χ2v) is 7.09. The molecule has 1 aromatic heterocycles. The number of likely N-dealkylation sites (tertiary alicyclic amines) is 1. The number of methoxy groups -OCH3 is 1. The number of benzene rings is 1. The number of rotatable bonds is 7. The van der Waals surface area contributed by atoms with Crippen molar-refractivity contribution < 1.29 is 14.6 Å². The van der Waals surface area contributed by atoms with Gasteiger partial charge in [-0.1, -0.05) is 5.21 Å². The predicted octanol–water partition coefficient (Wildman–Crippen LogP) is 2.31. The van der Waals surface area contributed by atoms with Crippen molar-refractivity contribution in [3.63, 3.8) is 0 Å². The van der Waals surface area contributed by atoms with Crippen LogP contribution >= 0.6 is 0 Å². The lowest BCUT2D eigenvalue weighted by Crippen LogP contribution is -2.36. The van der Waals surface area contributed by atoms with Gasteiger partial charge in [0.05, 0.1) is 19.3 Å². The van der Waals surface area contributed by atoms with Gasteiger partial charge in [0.1, 0.15) is 11.5 Å². The first-order valence-corrected chi connectivity index (χ1v) is 9.85. The summed E-state index contributed by atoms with van der Waals surface area (Å²) >= 11 is 0. The van der Waals surface area contributed by atoms with Crippen molar-refractivity contribution in [1.82, 2.24) is 24.8 Å². The minimum atomic E-state index is -0.0785. The van der Waals surface area contributed by atoms with Gasteiger partial charge >= 0.3 is 0 Å². The summed E-state index contributed by atoms with van der Waals surface area (Å²) in [6.45, 7) is 7.61. The Kier molecular flexibility index (Phi) is 6.51. The highest BCUT2D eigenvalue weighted by molar-refractivity contribution is 5.91. The molecule has 28 heavy (non-hydrogen) atoms. The van der Waals surface area contributed by atoms with E-state index in [0.29, 0.717) is 25.3 Å². The largest absolute Gasteiger partial charge is 0.508 e.